The molecule has 0 bridgehead atoms. The van der Waals surface area contributed by atoms with Gasteiger partial charge >= 0.3 is 0 Å². The predicted molar refractivity (Wildman–Crippen MR) is 136 cm³/mol. The number of dihydropyridines is 1. The van der Waals surface area contributed by atoms with Gasteiger partial charge in [0.25, 0.3) is 5.91 Å². The minimum absolute atomic E-state index is 0.122. The summed E-state index contributed by atoms with van der Waals surface area (Å²) in [5.74, 6) is 0.749. The van der Waals surface area contributed by atoms with Gasteiger partial charge in [0.05, 0.1) is 17.7 Å². The summed E-state index contributed by atoms with van der Waals surface area (Å²) in [6.45, 7) is 6.65. The molecule has 0 saturated heterocycles. The lowest BCUT2D eigenvalue weighted by molar-refractivity contribution is -0.123. The van der Waals surface area contributed by atoms with Crippen molar-refractivity contribution in [1.82, 2.24) is 20.6 Å². The maximum Gasteiger partial charge on any atom is 0.253 e. The molecule has 3 heterocycles. The lowest BCUT2D eigenvalue weighted by Crippen LogP contribution is -2.54. The second-order valence-corrected chi connectivity index (χ2v) is 9.42. The summed E-state index contributed by atoms with van der Waals surface area (Å²) in [5.41, 5.74) is 7.94. The Morgan fingerprint density at radius 2 is 2.08 bits per heavy atom. The van der Waals surface area contributed by atoms with Gasteiger partial charge in [0.2, 0.25) is 5.91 Å². The van der Waals surface area contributed by atoms with Gasteiger partial charge in [-0.05, 0) is 57.4 Å². The van der Waals surface area contributed by atoms with Crippen LogP contribution in [0.3, 0.4) is 0 Å². The van der Waals surface area contributed by atoms with Crippen LogP contribution in [0, 0.1) is 6.92 Å². The first-order chi connectivity index (χ1) is 17.3. The van der Waals surface area contributed by atoms with Crippen molar-refractivity contribution in [3.05, 3.63) is 65.9 Å². The number of hydrogen-bond donors (Lipinski definition) is 3. The van der Waals surface area contributed by atoms with Gasteiger partial charge < -0.3 is 25.8 Å². The molecule has 2 aliphatic heterocycles. The highest BCUT2D eigenvalue weighted by atomic mass is 16.5. The standard InChI is InChI=1S/C27H33N5O4/c1-17(2)35-11-5-9-27(26(28)34)10-8-19(15-31-27)25(33)32-21-12-23-22(6-4-7-24(23)36-16-21)20-13-29-18(3)30-14-20/h4,6-8,10,13-15,17,21,31H,5,9,11-12,16H2,1-3H3,(H2,28,34)(H,32,33)/t21-,27?/m0/s1. The molecule has 0 fully saturated rings. The summed E-state index contributed by atoms with van der Waals surface area (Å²) in [6, 6.07) is 5.66. The average molecular weight is 492 g/mol. The molecule has 2 aromatic rings. The Kier molecular flexibility index (Phi) is 7.69. The molecule has 9 nitrogen and oxygen atoms in total. The molecule has 9 heteroatoms. The number of fused-ring (bicyclic) bond motifs is 1. The van der Waals surface area contributed by atoms with Gasteiger partial charge in [-0.2, -0.15) is 0 Å². The van der Waals surface area contributed by atoms with Gasteiger partial charge in [0.1, 0.15) is 23.7 Å². The van der Waals surface area contributed by atoms with E-state index in [9.17, 15) is 9.59 Å². The normalized spacial score (nSPS) is 20.7. The molecule has 0 spiro atoms. The van der Waals surface area contributed by atoms with Crippen LogP contribution in [0.1, 0.15) is 38.1 Å². The van der Waals surface area contributed by atoms with Gasteiger partial charge in [-0.3, -0.25) is 9.59 Å². The van der Waals surface area contributed by atoms with Crippen molar-refractivity contribution in [3.8, 4) is 16.9 Å². The predicted octanol–water partition coefficient (Wildman–Crippen LogP) is 2.34. The van der Waals surface area contributed by atoms with E-state index in [-0.39, 0.29) is 18.1 Å². The molecule has 4 N–H and O–H groups in total. The van der Waals surface area contributed by atoms with Crippen molar-refractivity contribution >= 4 is 11.8 Å². The first-order valence-electron chi connectivity index (χ1n) is 12.2. The fraction of sp³-hybridized carbons (Fsp3) is 0.407. The number of carbonyl (C=O) groups excluding carboxylic acids is 2. The average Bonchev–Trinajstić information content (AvgIpc) is 2.87. The first-order valence-corrected chi connectivity index (χ1v) is 12.2. The monoisotopic (exact) mass is 491 g/mol. The number of hydrogen-bond acceptors (Lipinski definition) is 7. The van der Waals surface area contributed by atoms with Crippen LogP contribution in [0.15, 0.2) is 54.5 Å². The van der Waals surface area contributed by atoms with Gasteiger partial charge in [-0.15, -0.1) is 0 Å². The molecule has 0 radical (unpaired) electrons. The van der Waals surface area contributed by atoms with E-state index in [1.54, 1.807) is 30.7 Å². The topological polar surface area (TPSA) is 128 Å². The fourth-order valence-electron chi connectivity index (χ4n) is 4.35. The van der Waals surface area contributed by atoms with Crippen LogP contribution in [0.25, 0.3) is 11.1 Å². The van der Waals surface area contributed by atoms with E-state index < -0.39 is 11.4 Å². The molecule has 1 aromatic heterocycles. The molecule has 4 rings (SSSR count). The van der Waals surface area contributed by atoms with Crippen LogP contribution >= 0.6 is 0 Å². The third-order valence-corrected chi connectivity index (χ3v) is 6.35. The summed E-state index contributed by atoms with van der Waals surface area (Å²) in [6.07, 6.45) is 10.3. The number of benzene rings is 1. The highest BCUT2D eigenvalue weighted by Crippen LogP contribution is 2.34. The minimum atomic E-state index is -1.04. The van der Waals surface area contributed by atoms with Gasteiger partial charge in [0, 0.05) is 42.7 Å². The Bertz CT molecular complexity index is 1180. The van der Waals surface area contributed by atoms with Crippen LogP contribution in [-0.2, 0) is 20.7 Å². The van der Waals surface area contributed by atoms with Crippen LogP contribution in [0.5, 0.6) is 5.75 Å². The molecular weight excluding hydrogens is 458 g/mol. The van der Waals surface area contributed by atoms with Crippen LogP contribution in [0.4, 0.5) is 0 Å². The molecule has 190 valence electrons. The van der Waals surface area contributed by atoms with Crippen molar-refractivity contribution in [2.45, 2.75) is 57.7 Å². The van der Waals surface area contributed by atoms with E-state index in [4.69, 9.17) is 15.2 Å². The van der Waals surface area contributed by atoms with Crippen LogP contribution < -0.4 is 21.1 Å². The SMILES string of the molecule is Cc1ncc(-c2cccc3c2C[C@H](NC(=O)C2=CNC(CCCOC(C)C)(C(N)=O)C=C2)CO3)cn1. The van der Waals surface area contributed by atoms with E-state index in [1.807, 2.05) is 39.0 Å². The van der Waals surface area contributed by atoms with Crippen molar-refractivity contribution in [2.75, 3.05) is 13.2 Å². The molecule has 2 atom stereocenters. The summed E-state index contributed by atoms with van der Waals surface area (Å²) >= 11 is 0. The fourth-order valence-corrected chi connectivity index (χ4v) is 4.35. The number of nitrogens with one attached hydrogen (secondary N) is 2. The third kappa shape index (κ3) is 5.73. The Morgan fingerprint density at radius 1 is 1.31 bits per heavy atom. The lowest BCUT2D eigenvalue weighted by Gasteiger charge is -2.32. The number of ether oxygens (including phenoxy) is 2. The van der Waals surface area contributed by atoms with Crippen molar-refractivity contribution in [3.63, 3.8) is 0 Å². The first kappa shape index (κ1) is 25.4. The number of rotatable bonds is 9. The number of primary amides is 1. The van der Waals surface area contributed by atoms with Gasteiger partial charge in [-0.25, -0.2) is 9.97 Å². The molecule has 2 amide bonds. The third-order valence-electron chi connectivity index (χ3n) is 6.35. The maximum absolute atomic E-state index is 13.0. The lowest BCUT2D eigenvalue weighted by atomic mass is 9.89. The summed E-state index contributed by atoms with van der Waals surface area (Å²) in [7, 11) is 0. The smallest absolute Gasteiger partial charge is 0.253 e. The number of aromatic nitrogens is 2. The maximum atomic E-state index is 13.0. The summed E-state index contributed by atoms with van der Waals surface area (Å²) in [4.78, 5) is 33.8. The van der Waals surface area contributed by atoms with Crippen molar-refractivity contribution in [1.29, 1.82) is 0 Å². The highest BCUT2D eigenvalue weighted by molar-refractivity contribution is 5.98. The molecule has 36 heavy (non-hydrogen) atoms. The second-order valence-electron chi connectivity index (χ2n) is 9.42. The Hall–Kier alpha value is -3.72. The summed E-state index contributed by atoms with van der Waals surface area (Å²) < 4.78 is 11.5. The zero-order valence-electron chi connectivity index (χ0n) is 20.9. The largest absolute Gasteiger partial charge is 0.491 e. The number of carbonyl (C=O) groups is 2. The summed E-state index contributed by atoms with van der Waals surface area (Å²) in [5, 5.41) is 6.10. The molecular formula is C27H33N5O4. The Balaban J connectivity index is 1.40. The zero-order chi connectivity index (χ0) is 25.7. The van der Waals surface area contributed by atoms with Gasteiger partial charge in [0.15, 0.2) is 0 Å². The molecule has 1 aromatic carbocycles. The van der Waals surface area contributed by atoms with E-state index in [1.165, 1.54) is 0 Å². The van der Waals surface area contributed by atoms with Gasteiger partial charge in [-0.1, -0.05) is 12.1 Å². The quantitative estimate of drug-likeness (QED) is 0.459. The van der Waals surface area contributed by atoms with E-state index in [0.717, 1.165) is 22.4 Å². The van der Waals surface area contributed by atoms with E-state index in [0.29, 0.717) is 43.9 Å². The Morgan fingerprint density at radius 3 is 2.75 bits per heavy atom. The molecule has 1 unspecified atom stereocenters. The number of amides is 2. The van der Waals surface area contributed by atoms with Crippen molar-refractivity contribution < 1.29 is 19.1 Å². The van der Waals surface area contributed by atoms with E-state index >= 15 is 0 Å². The highest BCUT2D eigenvalue weighted by Gasteiger charge is 2.35. The second kappa shape index (κ2) is 10.9. The van der Waals surface area contributed by atoms with Crippen LogP contribution in [0.2, 0.25) is 0 Å². The molecule has 0 saturated carbocycles. The zero-order valence-corrected chi connectivity index (χ0v) is 20.9. The molecule has 0 aliphatic carbocycles. The Labute approximate surface area is 211 Å². The number of nitrogens with zero attached hydrogens (tertiary/aromatic N) is 2. The van der Waals surface area contributed by atoms with Crippen LogP contribution in [-0.4, -0.2) is 52.7 Å². The number of nitrogens with two attached hydrogens (primary N) is 1. The van der Waals surface area contributed by atoms with Crippen molar-refractivity contribution in [2.24, 2.45) is 5.73 Å². The number of aryl methyl sites for hydroxylation is 1. The minimum Gasteiger partial charge on any atom is -0.491 e. The van der Waals surface area contributed by atoms with E-state index in [2.05, 4.69) is 20.6 Å². The molecule has 2 aliphatic rings.